The Hall–Kier alpha value is -3.09. The Morgan fingerprint density at radius 2 is 1.93 bits per heavy atom. The molecule has 2 saturated heterocycles. The van der Waals surface area contributed by atoms with Crippen molar-refractivity contribution in [2.75, 3.05) is 19.8 Å². The minimum atomic E-state index is -4.62. The number of ether oxygens (including phenoxy) is 2. The highest BCUT2D eigenvalue weighted by Crippen LogP contribution is 2.40. The van der Waals surface area contributed by atoms with Crippen molar-refractivity contribution in [3.05, 3.63) is 58.6 Å². The molecule has 41 heavy (non-hydrogen) atoms. The highest BCUT2D eigenvalue weighted by molar-refractivity contribution is 7.15. The summed E-state index contributed by atoms with van der Waals surface area (Å²) in [6.07, 6.45) is 3.28. The molecule has 2 unspecified atom stereocenters. The molecule has 1 amide bonds. The highest BCUT2D eigenvalue weighted by Gasteiger charge is 2.52. The van der Waals surface area contributed by atoms with E-state index in [4.69, 9.17) is 9.47 Å². The van der Waals surface area contributed by atoms with Crippen molar-refractivity contribution in [2.24, 2.45) is 0 Å². The third kappa shape index (κ3) is 6.54. The number of nitrogens with zero attached hydrogens (tertiary/aromatic N) is 4. The minimum absolute atomic E-state index is 0.0289. The Morgan fingerprint density at radius 3 is 2.59 bits per heavy atom. The Bertz CT molecular complexity index is 1360. The molecular formula is C29H34F3N5O3S. The van der Waals surface area contributed by atoms with E-state index in [1.165, 1.54) is 0 Å². The Kier molecular flexibility index (Phi) is 8.62. The molecule has 3 aromatic rings. The molecule has 1 N–H and O–H groups in total. The SMILES string of the molecule is CCc1cnc(-c2cc(OCC34CC(CO3)N(C(CC)CC)C4)cc(C(=O)NCc3cnc(C(F)(F)F)nc3)c2)s1. The predicted octanol–water partition coefficient (Wildman–Crippen LogP) is 5.52. The minimum Gasteiger partial charge on any atom is -0.490 e. The van der Waals surface area contributed by atoms with Crippen LogP contribution in [0.3, 0.4) is 0 Å². The molecular weight excluding hydrogens is 555 g/mol. The molecule has 2 aromatic heterocycles. The quantitative estimate of drug-likeness (QED) is 0.315. The zero-order valence-corrected chi connectivity index (χ0v) is 24.1. The zero-order valence-electron chi connectivity index (χ0n) is 23.3. The van der Waals surface area contributed by atoms with Crippen LogP contribution in [0.4, 0.5) is 13.2 Å². The molecule has 0 radical (unpaired) electrons. The lowest BCUT2D eigenvalue weighted by molar-refractivity contribution is -0.145. The Morgan fingerprint density at radius 1 is 1.17 bits per heavy atom. The molecule has 0 saturated carbocycles. The van der Waals surface area contributed by atoms with Crippen molar-refractivity contribution >= 4 is 17.2 Å². The average molecular weight is 590 g/mol. The number of hydrogen-bond donors (Lipinski definition) is 1. The summed E-state index contributed by atoms with van der Waals surface area (Å²) in [6, 6.07) is 6.22. The van der Waals surface area contributed by atoms with Gasteiger partial charge in [-0.25, -0.2) is 15.0 Å². The maximum atomic E-state index is 13.2. The van der Waals surface area contributed by atoms with Crippen LogP contribution >= 0.6 is 11.3 Å². The smallest absolute Gasteiger partial charge is 0.451 e. The van der Waals surface area contributed by atoms with Crippen LogP contribution in [0.1, 0.15) is 66.7 Å². The fourth-order valence-electron chi connectivity index (χ4n) is 5.57. The van der Waals surface area contributed by atoms with Crippen LogP contribution in [0.25, 0.3) is 10.6 Å². The van der Waals surface area contributed by atoms with Gasteiger partial charge >= 0.3 is 6.18 Å². The van der Waals surface area contributed by atoms with Crippen LogP contribution in [-0.2, 0) is 23.9 Å². The molecule has 12 heteroatoms. The summed E-state index contributed by atoms with van der Waals surface area (Å²) < 4.78 is 50.9. The number of thiazole rings is 1. The maximum Gasteiger partial charge on any atom is 0.451 e. The average Bonchev–Trinajstić information content (AvgIpc) is 3.71. The van der Waals surface area contributed by atoms with Gasteiger partial charge in [0.25, 0.3) is 5.91 Å². The van der Waals surface area contributed by atoms with Crippen molar-refractivity contribution in [1.29, 1.82) is 0 Å². The number of nitrogens with one attached hydrogen (secondary N) is 1. The van der Waals surface area contributed by atoms with Crippen LogP contribution in [0, 0.1) is 0 Å². The Labute approximate surface area is 241 Å². The standard InChI is InChI=1S/C29H34F3N5O3S/c1-4-21(5-2)37-16-28(10-22(37)15-40-28)17-39-23-8-19(7-20(9-23)26-34-14-24(6-3)41-26)25(38)33-11-18-12-35-27(36-13-18)29(30,31)32/h7-9,12-14,21-22H,4-6,10-11,15-17H2,1-3H3,(H,33,38). The number of alkyl halides is 3. The molecule has 4 heterocycles. The first-order chi connectivity index (χ1) is 19.6. The van der Waals surface area contributed by atoms with Crippen molar-refractivity contribution in [3.63, 3.8) is 0 Å². The van der Waals surface area contributed by atoms with Crippen LogP contribution in [-0.4, -0.2) is 63.2 Å². The number of likely N-dealkylation sites (tertiary alicyclic amines) is 1. The van der Waals surface area contributed by atoms with Crippen LogP contribution in [0.15, 0.2) is 36.8 Å². The lowest BCUT2D eigenvalue weighted by Crippen LogP contribution is -2.49. The number of fused-ring (bicyclic) bond motifs is 2. The van der Waals surface area contributed by atoms with E-state index in [0.29, 0.717) is 42.2 Å². The second kappa shape index (κ2) is 12.0. The van der Waals surface area contributed by atoms with Gasteiger partial charge in [0.15, 0.2) is 0 Å². The van der Waals surface area contributed by atoms with Gasteiger partial charge in [0.05, 0.1) is 6.61 Å². The van der Waals surface area contributed by atoms with E-state index in [1.807, 2.05) is 12.3 Å². The van der Waals surface area contributed by atoms with Crippen molar-refractivity contribution in [2.45, 2.75) is 76.9 Å². The summed E-state index contributed by atoms with van der Waals surface area (Å²) in [6.45, 7) is 8.34. The second-order valence-corrected chi connectivity index (χ2v) is 11.7. The second-order valence-electron chi connectivity index (χ2n) is 10.6. The van der Waals surface area contributed by atoms with Crippen molar-refractivity contribution in [1.82, 2.24) is 25.2 Å². The number of amides is 1. The molecule has 0 aliphatic carbocycles. The first kappa shape index (κ1) is 29.4. The third-order valence-corrected chi connectivity index (χ3v) is 8.96. The first-order valence-corrected chi connectivity index (χ1v) is 14.7. The number of morpholine rings is 1. The van der Waals surface area contributed by atoms with Gasteiger partial charge in [0, 0.05) is 65.3 Å². The summed E-state index contributed by atoms with van der Waals surface area (Å²) in [5.74, 6) is -1.10. The molecule has 2 fully saturated rings. The number of benzene rings is 1. The van der Waals surface area contributed by atoms with Gasteiger partial charge < -0.3 is 14.8 Å². The van der Waals surface area contributed by atoms with Crippen LogP contribution in [0.2, 0.25) is 0 Å². The fraction of sp³-hybridized carbons (Fsp3) is 0.517. The lowest BCUT2D eigenvalue weighted by atomic mass is 10.0. The maximum absolute atomic E-state index is 13.2. The van der Waals surface area contributed by atoms with E-state index in [0.717, 1.165) is 60.1 Å². The van der Waals surface area contributed by atoms with Crippen LogP contribution in [0.5, 0.6) is 5.75 Å². The van der Waals surface area contributed by atoms with Crippen LogP contribution < -0.4 is 10.1 Å². The Balaban J connectivity index is 1.33. The molecule has 2 atom stereocenters. The van der Waals surface area contributed by atoms with Gasteiger partial charge in [0.2, 0.25) is 5.82 Å². The van der Waals surface area contributed by atoms with E-state index in [2.05, 4.69) is 45.9 Å². The van der Waals surface area contributed by atoms with Gasteiger partial charge in [-0.2, -0.15) is 13.2 Å². The number of aryl methyl sites for hydroxylation is 1. The summed E-state index contributed by atoms with van der Waals surface area (Å²) in [5.41, 5.74) is 1.07. The topological polar surface area (TPSA) is 89.5 Å². The lowest BCUT2D eigenvalue weighted by Gasteiger charge is -2.37. The molecule has 8 nitrogen and oxygen atoms in total. The molecule has 1 aromatic carbocycles. The molecule has 2 bridgehead atoms. The molecule has 2 aliphatic heterocycles. The van der Waals surface area contributed by atoms with E-state index in [9.17, 15) is 18.0 Å². The van der Waals surface area contributed by atoms with Gasteiger partial charge in [-0.05, 0) is 43.9 Å². The van der Waals surface area contributed by atoms with E-state index in [1.54, 1.807) is 23.5 Å². The summed E-state index contributed by atoms with van der Waals surface area (Å²) in [5, 5.41) is 3.52. The normalized spacial score (nSPS) is 20.6. The van der Waals surface area contributed by atoms with Crippen molar-refractivity contribution < 1.29 is 27.4 Å². The predicted molar refractivity (Wildman–Crippen MR) is 149 cm³/mol. The molecule has 2 aliphatic rings. The molecule has 220 valence electrons. The third-order valence-electron chi connectivity index (χ3n) is 7.77. The van der Waals surface area contributed by atoms with E-state index >= 15 is 0 Å². The number of halogens is 3. The summed E-state index contributed by atoms with van der Waals surface area (Å²) in [4.78, 5) is 28.1. The summed E-state index contributed by atoms with van der Waals surface area (Å²) >= 11 is 1.55. The molecule has 5 rings (SSSR count). The van der Waals surface area contributed by atoms with E-state index in [-0.39, 0.29) is 12.1 Å². The highest BCUT2D eigenvalue weighted by atomic mass is 32.1. The number of hydrogen-bond acceptors (Lipinski definition) is 8. The number of carbonyl (C=O) groups is 1. The van der Waals surface area contributed by atoms with Gasteiger partial charge in [-0.3, -0.25) is 9.69 Å². The summed E-state index contributed by atoms with van der Waals surface area (Å²) in [7, 11) is 0. The van der Waals surface area contributed by atoms with Crippen molar-refractivity contribution in [3.8, 4) is 16.3 Å². The molecule has 0 spiro atoms. The van der Waals surface area contributed by atoms with E-state index < -0.39 is 17.9 Å². The fourth-order valence-corrected chi connectivity index (χ4v) is 6.41. The monoisotopic (exact) mass is 589 g/mol. The van der Waals surface area contributed by atoms with Gasteiger partial charge in [-0.1, -0.05) is 20.8 Å². The van der Waals surface area contributed by atoms with Gasteiger partial charge in [-0.15, -0.1) is 11.3 Å². The van der Waals surface area contributed by atoms with Gasteiger partial charge in [0.1, 0.15) is 23.0 Å². The number of aromatic nitrogens is 3. The number of carbonyl (C=O) groups excluding carboxylic acids is 1. The number of rotatable bonds is 11. The first-order valence-electron chi connectivity index (χ1n) is 13.9. The zero-order chi connectivity index (χ0) is 29.2. The largest absolute Gasteiger partial charge is 0.490 e.